The molecule has 0 heterocycles. The second kappa shape index (κ2) is 8.85. The lowest BCUT2D eigenvalue weighted by Crippen LogP contribution is -2.32. The molecule has 2 rings (SSSR count). The Morgan fingerprint density at radius 3 is 2.38 bits per heavy atom. The Morgan fingerprint density at radius 2 is 1.79 bits per heavy atom. The second-order valence-electron chi connectivity index (χ2n) is 5.64. The van der Waals surface area contributed by atoms with Gasteiger partial charge in [0.15, 0.2) is 0 Å². The highest BCUT2D eigenvalue weighted by atomic mass is 16.5. The summed E-state index contributed by atoms with van der Waals surface area (Å²) in [6.45, 7) is 4.88. The van der Waals surface area contributed by atoms with Crippen molar-refractivity contribution in [3.05, 3.63) is 71.3 Å². The first-order valence-corrected chi connectivity index (χ1v) is 8.10. The van der Waals surface area contributed by atoms with Crippen LogP contribution in [0.4, 0.5) is 0 Å². The molecule has 124 valence electrons. The normalized spacial score (nSPS) is 12.9. The summed E-state index contributed by atoms with van der Waals surface area (Å²) in [6.07, 6.45) is 0. The second-order valence-corrected chi connectivity index (χ2v) is 5.64. The first-order valence-electron chi connectivity index (χ1n) is 8.10. The smallest absolute Gasteiger partial charge is 0.327 e. The van der Waals surface area contributed by atoms with Gasteiger partial charge in [0.25, 0.3) is 0 Å². The van der Waals surface area contributed by atoms with Crippen molar-refractivity contribution in [1.82, 2.24) is 5.32 Å². The van der Waals surface area contributed by atoms with Gasteiger partial charge in [0, 0.05) is 6.54 Å². The van der Waals surface area contributed by atoms with Crippen molar-refractivity contribution in [3.8, 4) is 6.07 Å². The molecule has 1 N–H and O–H groups in total. The van der Waals surface area contributed by atoms with Gasteiger partial charge in [-0.1, -0.05) is 49.4 Å². The molecule has 4 heteroatoms. The summed E-state index contributed by atoms with van der Waals surface area (Å²) in [5.41, 5.74) is 2.66. The van der Waals surface area contributed by atoms with Crippen LogP contribution in [-0.2, 0) is 9.53 Å². The molecular weight excluding hydrogens is 300 g/mol. The lowest BCUT2D eigenvalue weighted by atomic mass is 9.99. The summed E-state index contributed by atoms with van der Waals surface area (Å²) in [4.78, 5) is 12.3. The van der Waals surface area contributed by atoms with Crippen LogP contribution in [0.5, 0.6) is 0 Å². The van der Waals surface area contributed by atoms with E-state index in [2.05, 4.69) is 18.3 Å². The van der Waals surface area contributed by atoms with Crippen molar-refractivity contribution in [1.29, 1.82) is 5.26 Å². The van der Waals surface area contributed by atoms with Crippen molar-refractivity contribution in [2.24, 2.45) is 0 Å². The van der Waals surface area contributed by atoms with E-state index in [0.29, 0.717) is 18.7 Å². The van der Waals surface area contributed by atoms with Gasteiger partial charge in [-0.15, -0.1) is 0 Å². The molecule has 2 atom stereocenters. The molecule has 0 aliphatic carbocycles. The van der Waals surface area contributed by atoms with E-state index in [1.54, 1.807) is 6.92 Å². The largest absolute Gasteiger partial charge is 0.465 e. The minimum atomic E-state index is -0.480. The topological polar surface area (TPSA) is 62.1 Å². The van der Waals surface area contributed by atoms with Crippen LogP contribution >= 0.6 is 0 Å². The number of hydrogen-bond acceptors (Lipinski definition) is 4. The molecule has 0 fully saturated rings. The highest BCUT2D eigenvalue weighted by Gasteiger charge is 2.22. The molecule has 24 heavy (non-hydrogen) atoms. The van der Waals surface area contributed by atoms with E-state index in [-0.39, 0.29) is 11.9 Å². The number of benzene rings is 2. The molecular formula is C20H22N2O2. The van der Waals surface area contributed by atoms with E-state index >= 15 is 0 Å². The number of rotatable bonds is 7. The predicted molar refractivity (Wildman–Crippen MR) is 93.4 cm³/mol. The van der Waals surface area contributed by atoms with Crippen LogP contribution in [0.3, 0.4) is 0 Å². The number of nitrogens with zero attached hydrogens (tertiary/aromatic N) is 1. The third kappa shape index (κ3) is 4.68. The lowest BCUT2D eigenvalue weighted by Gasteiger charge is -2.20. The fraction of sp³-hybridized carbons (Fsp3) is 0.300. The van der Waals surface area contributed by atoms with Crippen molar-refractivity contribution >= 4 is 5.97 Å². The van der Waals surface area contributed by atoms with E-state index < -0.39 is 6.04 Å². The molecule has 0 aromatic heterocycles. The van der Waals surface area contributed by atoms with Crippen LogP contribution in [0.2, 0.25) is 0 Å². The minimum absolute atomic E-state index is 0.207. The summed E-state index contributed by atoms with van der Waals surface area (Å²) in [6, 6.07) is 18.7. The molecule has 0 aliphatic rings. The maximum absolute atomic E-state index is 12.3. The summed E-state index contributed by atoms with van der Waals surface area (Å²) in [5, 5.41) is 12.2. The fourth-order valence-corrected chi connectivity index (χ4v) is 2.51. The zero-order valence-electron chi connectivity index (χ0n) is 14.0. The van der Waals surface area contributed by atoms with Crippen LogP contribution < -0.4 is 5.32 Å². The Balaban J connectivity index is 2.06. The SMILES string of the molecule is CCOC(=O)[C@@H](NC[C@@H](C)c1ccc(C#N)cc1)c1ccccc1. The van der Waals surface area contributed by atoms with Gasteiger partial charge in [-0.3, -0.25) is 0 Å². The summed E-state index contributed by atoms with van der Waals surface area (Å²) < 4.78 is 5.19. The summed E-state index contributed by atoms with van der Waals surface area (Å²) in [7, 11) is 0. The third-order valence-corrected chi connectivity index (χ3v) is 3.89. The Labute approximate surface area is 143 Å². The quantitative estimate of drug-likeness (QED) is 0.792. The summed E-state index contributed by atoms with van der Waals surface area (Å²) >= 11 is 0. The van der Waals surface area contributed by atoms with Crippen LogP contribution in [0.15, 0.2) is 54.6 Å². The molecule has 0 unspecified atom stereocenters. The van der Waals surface area contributed by atoms with Gasteiger partial charge in [-0.05, 0) is 36.1 Å². The highest BCUT2D eigenvalue weighted by molar-refractivity contribution is 5.77. The predicted octanol–water partition coefficient (Wildman–Crippen LogP) is 3.56. The first-order chi connectivity index (χ1) is 11.7. The van der Waals surface area contributed by atoms with E-state index in [1.165, 1.54) is 0 Å². The van der Waals surface area contributed by atoms with Gasteiger partial charge in [0.05, 0.1) is 18.2 Å². The molecule has 2 aromatic rings. The zero-order chi connectivity index (χ0) is 17.4. The number of carbonyl (C=O) groups excluding carboxylic acids is 1. The molecule has 2 aromatic carbocycles. The monoisotopic (exact) mass is 322 g/mol. The van der Waals surface area contributed by atoms with Gasteiger partial charge in [-0.25, -0.2) is 4.79 Å². The maximum Gasteiger partial charge on any atom is 0.327 e. The van der Waals surface area contributed by atoms with Crippen LogP contribution in [-0.4, -0.2) is 19.1 Å². The Kier molecular flexibility index (Phi) is 6.53. The van der Waals surface area contributed by atoms with Crippen molar-refractivity contribution in [2.75, 3.05) is 13.2 Å². The van der Waals surface area contributed by atoms with Gasteiger partial charge >= 0.3 is 5.97 Å². The molecule has 0 amide bonds. The van der Waals surface area contributed by atoms with E-state index in [4.69, 9.17) is 10.00 Å². The number of carbonyl (C=O) groups is 1. The van der Waals surface area contributed by atoms with Crippen LogP contribution in [0.1, 0.15) is 42.5 Å². The molecule has 0 saturated heterocycles. The average molecular weight is 322 g/mol. The Bertz CT molecular complexity index is 690. The number of nitrogens with one attached hydrogen (secondary N) is 1. The molecule has 0 saturated carbocycles. The third-order valence-electron chi connectivity index (χ3n) is 3.89. The molecule has 0 spiro atoms. The first kappa shape index (κ1) is 17.7. The zero-order valence-corrected chi connectivity index (χ0v) is 14.0. The van der Waals surface area contributed by atoms with Gasteiger partial charge < -0.3 is 10.1 Å². The number of ether oxygens (including phenoxy) is 1. The molecule has 0 aliphatic heterocycles. The van der Waals surface area contributed by atoms with E-state index in [0.717, 1.165) is 11.1 Å². The van der Waals surface area contributed by atoms with Crippen molar-refractivity contribution < 1.29 is 9.53 Å². The number of esters is 1. The Morgan fingerprint density at radius 1 is 1.12 bits per heavy atom. The average Bonchev–Trinajstić information content (AvgIpc) is 2.63. The van der Waals surface area contributed by atoms with Gasteiger partial charge in [0.1, 0.15) is 6.04 Å². The standard InChI is InChI=1S/C20H22N2O2/c1-3-24-20(23)19(18-7-5-4-6-8-18)22-14-15(2)17-11-9-16(13-21)10-12-17/h4-12,15,19,22H,3,14H2,1-2H3/t15-,19+/m1/s1. The van der Waals surface area contributed by atoms with Gasteiger partial charge in [0.2, 0.25) is 0 Å². The van der Waals surface area contributed by atoms with E-state index in [9.17, 15) is 4.79 Å². The number of nitriles is 1. The Hall–Kier alpha value is -2.64. The maximum atomic E-state index is 12.3. The van der Waals surface area contributed by atoms with Crippen LogP contribution in [0.25, 0.3) is 0 Å². The molecule has 4 nitrogen and oxygen atoms in total. The highest BCUT2D eigenvalue weighted by Crippen LogP contribution is 2.19. The molecule has 0 radical (unpaired) electrons. The minimum Gasteiger partial charge on any atom is -0.465 e. The summed E-state index contributed by atoms with van der Waals surface area (Å²) in [5.74, 6) is -0.0610. The lowest BCUT2D eigenvalue weighted by molar-refractivity contribution is -0.145. The number of hydrogen-bond donors (Lipinski definition) is 1. The molecule has 0 bridgehead atoms. The van der Waals surface area contributed by atoms with Crippen molar-refractivity contribution in [3.63, 3.8) is 0 Å². The fourth-order valence-electron chi connectivity index (χ4n) is 2.51. The van der Waals surface area contributed by atoms with Crippen LogP contribution in [0, 0.1) is 11.3 Å². The van der Waals surface area contributed by atoms with Gasteiger partial charge in [-0.2, -0.15) is 5.26 Å². The van der Waals surface area contributed by atoms with Crippen molar-refractivity contribution in [2.45, 2.75) is 25.8 Å². The van der Waals surface area contributed by atoms with E-state index in [1.807, 2.05) is 54.6 Å².